The summed E-state index contributed by atoms with van der Waals surface area (Å²) in [5.41, 5.74) is 0.0913. The molecular weight excluding hydrogens is 350 g/mol. The van der Waals surface area contributed by atoms with Gasteiger partial charge in [0, 0.05) is 12.0 Å². The maximum Gasteiger partial charge on any atom is 0.355 e. The first-order valence-electron chi connectivity index (χ1n) is 6.42. The summed E-state index contributed by atoms with van der Waals surface area (Å²) in [7, 11) is 2.46. The van der Waals surface area contributed by atoms with E-state index in [0.717, 1.165) is 0 Å². The summed E-state index contributed by atoms with van der Waals surface area (Å²) in [4.78, 5) is 11.8. The number of hydrogen-bond donors (Lipinski definition) is 2. The predicted molar refractivity (Wildman–Crippen MR) is 82.6 cm³/mol. The minimum absolute atomic E-state index is 0.0316. The van der Waals surface area contributed by atoms with Crippen LogP contribution in [0.25, 0.3) is 0 Å². The second kappa shape index (κ2) is 7.06. The molecule has 1 unspecified atom stereocenters. The van der Waals surface area contributed by atoms with E-state index in [9.17, 15) is 9.18 Å². The van der Waals surface area contributed by atoms with Crippen molar-refractivity contribution in [2.45, 2.75) is 12.5 Å². The molecule has 0 bridgehead atoms. The number of benzene rings is 1. The van der Waals surface area contributed by atoms with Gasteiger partial charge in [-0.15, -0.1) is 0 Å². The van der Waals surface area contributed by atoms with Gasteiger partial charge in [-0.25, -0.2) is 9.18 Å². The molecule has 9 heteroatoms. The van der Waals surface area contributed by atoms with Gasteiger partial charge in [0.05, 0.1) is 30.3 Å². The highest BCUT2D eigenvalue weighted by atomic mass is 35.5. The number of allylic oxidation sites excluding steroid dienone is 1. The number of carbonyl (C=O) groups is 1. The Kier molecular flexibility index (Phi) is 5.33. The van der Waals surface area contributed by atoms with Gasteiger partial charge in [-0.2, -0.15) is 0 Å². The van der Waals surface area contributed by atoms with Crippen molar-refractivity contribution >= 4 is 34.9 Å². The summed E-state index contributed by atoms with van der Waals surface area (Å²) in [5.74, 6) is -1.56. The van der Waals surface area contributed by atoms with Crippen LogP contribution in [0.1, 0.15) is 18.0 Å². The largest absolute Gasteiger partial charge is 0.492 e. The second-order valence-electron chi connectivity index (χ2n) is 4.61. The lowest BCUT2D eigenvalue weighted by Gasteiger charge is -2.27. The molecule has 1 aliphatic rings. The Hall–Kier alpha value is -1.99. The average Bonchev–Trinajstić information content (AvgIpc) is 2.55. The Morgan fingerprint density at radius 1 is 1.43 bits per heavy atom. The maximum absolute atomic E-state index is 14.5. The van der Waals surface area contributed by atoms with E-state index in [0.29, 0.717) is 0 Å². The molecule has 0 radical (unpaired) electrons. The molecule has 1 atom stereocenters. The Labute approximate surface area is 141 Å². The standard InChI is InChI=1S/C14H13Cl2FN2O4/c1-22-13-7(15)4-3-6(11(13)17)8-5-9(19-21)10(16)12(18-8)14(20)23-2/h3-4,8,18,21H,5H2,1-2H3/b19-9+. The van der Waals surface area contributed by atoms with Crippen LogP contribution in [0, 0.1) is 5.82 Å². The Morgan fingerprint density at radius 3 is 2.70 bits per heavy atom. The zero-order valence-electron chi connectivity index (χ0n) is 12.2. The highest BCUT2D eigenvalue weighted by Crippen LogP contribution is 2.36. The first-order valence-corrected chi connectivity index (χ1v) is 7.18. The van der Waals surface area contributed by atoms with Gasteiger partial charge in [-0.3, -0.25) is 0 Å². The van der Waals surface area contributed by atoms with Gasteiger partial charge in [-0.1, -0.05) is 34.4 Å². The molecule has 0 fully saturated rings. The van der Waals surface area contributed by atoms with Crippen LogP contribution in [-0.4, -0.2) is 31.1 Å². The summed E-state index contributed by atoms with van der Waals surface area (Å²) < 4.78 is 24.1. The van der Waals surface area contributed by atoms with E-state index in [4.69, 9.17) is 33.1 Å². The molecule has 1 aromatic rings. The van der Waals surface area contributed by atoms with Crippen molar-refractivity contribution in [3.63, 3.8) is 0 Å². The first-order chi connectivity index (χ1) is 10.9. The summed E-state index contributed by atoms with van der Waals surface area (Å²) >= 11 is 11.9. The predicted octanol–water partition coefficient (Wildman–Crippen LogP) is 2.98. The van der Waals surface area contributed by atoms with Crippen LogP contribution in [0.4, 0.5) is 4.39 Å². The van der Waals surface area contributed by atoms with Crippen LogP contribution in [-0.2, 0) is 9.53 Å². The van der Waals surface area contributed by atoms with E-state index in [1.165, 1.54) is 26.4 Å². The van der Waals surface area contributed by atoms with Gasteiger partial charge in [0.2, 0.25) is 0 Å². The number of rotatable bonds is 3. The topological polar surface area (TPSA) is 80.2 Å². The summed E-state index contributed by atoms with van der Waals surface area (Å²) in [5, 5.41) is 14.9. The Balaban J connectivity index is 2.49. The van der Waals surface area contributed by atoms with Gasteiger partial charge < -0.3 is 20.0 Å². The third-order valence-corrected chi connectivity index (χ3v) is 4.06. The van der Waals surface area contributed by atoms with Crippen LogP contribution in [0.2, 0.25) is 5.02 Å². The van der Waals surface area contributed by atoms with Crippen molar-refractivity contribution in [3.05, 3.63) is 39.3 Å². The molecule has 23 heavy (non-hydrogen) atoms. The zero-order valence-corrected chi connectivity index (χ0v) is 13.7. The summed E-state index contributed by atoms with van der Waals surface area (Å²) in [6.45, 7) is 0. The van der Waals surface area contributed by atoms with Gasteiger partial charge in [0.1, 0.15) is 11.4 Å². The zero-order chi connectivity index (χ0) is 17.1. The minimum atomic E-state index is -0.762. The lowest BCUT2D eigenvalue weighted by Crippen LogP contribution is -2.35. The van der Waals surface area contributed by atoms with Crippen LogP contribution < -0.4 is 10.1 Å². The highest BCUT2D eigenvalue weighted by Gasteiger charge is 2.32. The lowest BCUT2D eigenvalue weighted by molar-refractivity contribution is -0.136. The number of esters is 1. The van der Waals surface area contributed by atoms with Gasteiger partial charge in [-0.05, 0) is 6.07 Å². The summed E-state index contributed by atoms with van der Waals surface area (Å²) in [6, 6.07) is 2.19. The molecule has 0 aromatic heterocycles. The molecule has 0 spiro atoms. The van der Waals surface area contributed by atoms with Crippen LogP contribution in [0.15, 0.2) is 28.0 Å². The van der Waals surface area contributed by atoms with E-state index in [2.05, 4.69) is 15.2 Å². The fourth-order valence-electron chi connectivity index (χ4n) is 2.24. The number of methoxy groups -OCH3 is 2. The maximum atomic E-state index is 14.5. The molecule has 1 heterocycles. The normalized spacial score (nSPS) is 19.5. The van der Waals surface area contributed by atoms with Crippen molar-refractivity contribution in [1.82, 2.24) is 5.32 Å². The molecule has 0 saturated carbocycles. The third kappa shape index (κ3) is 3.20. The average molecular weight is 363 g/mol. The molecule has 0 saturated heterocycles. The van der Waals surface area contributed by atoms with E-state index < -0.39 is 17.8 Å². The molecule has 2 N–H and O–H groups in total. The summed E-state index contributed by atoms with van der Waals surface area (Å²) in [6.07, 6.45) is 0.0531. The van der Waals surface area contributed by atoms with Gasteiger partial charge in [0.25, 0.3) is 0 Å². The lowest BCUT2D eigenvalue weighted by atomic mass is 9.96. The smallest absolute Gasteiger partial charge is 0.355 e. The number of oxime groups is 1. The van der Waals surface area contributed by atoms with E-state index in [-0.39, 0.29) is 39.2 Å². The van der Waals surface area contributed by atoms with Crippen molar-refractivity contribution in [2.75, 3.05) is 14.2 Å². The van der Waals surface area contributed by atoms with E-state index in [1.807, 2.05) is 0 Å². The van der Waals surface area contributed by atoms with Crippen LogP contribution >= 0.6 is 23.2 Å². The van der Waals surface area contributed by atoms with Crippen molar-refractivity contribution < 1.29 is 23.9 Å². The minimum Gasteiger partial charge on any atom is -0.492 e. The monoisotopic (exact) mass is 362 g/mol. The van der Waals surface area contributed by atoms with Crippen molar-refractivity contribution in [1.29, 1.82) is 0 Å². The second-order valence-corrected chi connectivity index (χ2v) is 5.40. The first kappa shape index (κ1) is 17.4. The van der Waals surface area contributed by atoms with E-state index in [1.54, 1.807) is 0 Å². The number of halogens is 3. The third-order valence-electron chi connectivity index (χ3n) is 3.36. The quantitative estimate of drug-likeness (QED) is 0.490. The molecule has 1 aromatic carbocycles. The number of ether oxygens (including phenoxy) is 2. The van der Waals surface area contributed by atoms with Crippen LogP contribution in [0.5, 0.6) is 5.75 Å². The van der Waals surface area contributed by atoms with Gasteiger partial charge >= 0.3 is 5.97 Å². The molecular formula is C14H13Cl2FN2O4. The molecule has 124 valence electrons. The van der Waals surface area contributed by atoms with Crippen molar-refractivity contribution in [2.24, 2.45) is 5.16 Å². The molecule has 6 nitrogen and oxygen atoms in total. The van der Waals surface area contributed by atoms with E-state index >= 15 is 0 Å². The molecule has 2 rings (SSSR count). The van der Waals surface area contributed by atoms with Crippen molar-refractivity contribution in [3.8, 4) is 5.75 Å². The fraction of sp³-hybridized carbons (Fsp3) is 0.286. The highest BCUT2D eigenvalue weighted by molar-refractivity contribution is 6.45. The fourth-order valence-corrected chi connectivity index (χ4v) is 2.71. The number of carbonyl (C=O) groups excluding carboxylic acids is 1. The molecule has 0 amide bonds. The van der Waals surface area contributed by atoms with Crippen LogP contribution in [0.3, 0.4) is 0 Å². The Bertz CT molecular complexity index is 706. The molecule has 0 aliphatic carbocycles. The number of hydrogen-bond acceptors (Lipinski definition) is 6. The Morgan fingerprint density at radius 2 is 2.13 bits per heavy atom. The number of nitrogens with zero attached hydrogens (tertiary/aromatic N) is 1. The van der Waals surface area contributed by atoms with Gasteiger partial charge in [0.15, 0.2) is 11.6 Å². The number of nitrogens with one attached hydrogen (secondary N) is 1. The SMILES string of the molecule is COC(=O)C1=C(Cl)/C(=N/O)CC(c2ccc(Cl)c(OC)c2F)N1. The molecule has 1 aliphatic heterocycles.